The molecule has 1 aromatic carbocycles. The molecule has 2 aromatic rings. The molecule has 6 nitrogen and oxygen atoms in total. The van der Waals surface area contributed by atoms with Crippen molar-refractivity contribution in [2.45, 2.75) is 39.0 Å². The number of aromatic nitrogens is 2. The third kappa shape index (κ3) is 5.06. The van der Waals surface area contributed by atoms with Crippen LogP contribution in [0.3, 0.4) is 0 Å². The van der Waals surface area contributed by atoms with Crippen LogP contribution in [0.1, 0.15) is 48.7 Å². The number of likely N-dealkylation sites (tertiary alicyclic amines) is 1. The van der Waals surface area contributed by atoms with E-state index < -0.39 is 0 Å². The number of benzene rings is 1. The van der Waals surface area contributed by atoms with Crippen molar-refractivity contribution in [2.75, 3.05) is 26.8 Å². The largest absolute Gasteiger partial charge is 0.493 e. The molecule has 1 fully saturated rings. The zero-order chi connectivity index (χ0) is 19.9. The lowest BCUT2D eigenvalue weighted by atomic mass is 9.90. The van der Waals surface area contributed by atoms with Gasteiger partial charge in [-0.3, -0.25) is 4.79 Å². The predicted molar refractivity (Wildman–Crippen MR) is 109 cm³/mol. The number of carbonyl (C=O) groups is 1. The minimum absolute atomic E-state index is 0.0371. The molecule has 0 bridgehead atoms. The van der Waals surface area contributed by atoms with Crippen LogP contribution >= 0.6 is 0 Å². The number of carbonyl (C=O) groups excluding carboxylic acids is 1. The van der Waals surface area contributed by atoms with Gasteiger partial charge >= 0.3 is 0 Å². The number of methoxy groups -OCH3 is 1. The predicted octanol–water partition coefficient (Wildman–Crippen LogP) is 3.70. The summed E-state index contributed by atoms with van der Waals surface area (Å²) < 4.78 is 13.1. The van der Waals surface area contributed by atoms with Crippen molar-refractivity contribution < 1.29 is 14.3 Å². The maximum absolute atomic E-state index is 12.5. The molecule has 0 N–H and O–H groups in total. The number of ether oxygens (including phenoxy) is 2. The van der Waals surface area contributed by atoms with Gasteiger partial charge in [-0.15, -0.1) is 0 Å². The molecule has 2 heterocycles. The molecule has 1 aromatic heterocycles. The van der Waals surface area contributed by atoms with E-state index in [4.69, 9.17) is 9.47 Å². The van der Waals surface area contributed by atoms with Crippen molar-refractivity contribution in [2.24, 2.45) is 13.0 Å². The standard InChI is InChI=1S/C22H31N3O3/c1-4-5-12-28-21-14-18(6-7-20(21)27-3)13-17-8-10-25(11-9-17)22(26)19-15-24(2)16-23-19/h6-7,14-17H,4-5,8-13H2,1-3H3. The highest BCUT2D eigenvalue weighted by Gasteiger charge is 2.25. The van der Waals surface area contributed by atoms with Crippen LogP contribution in [-0.2, 0) is 13.5 Å². The summed E-state index contributed by atoms with van der Waals surface area (Å²) in [5.41, 5.74) is 1.80. The molecule has 28 heavy (non-hydrogen) atoms. The third-order valence-corrected chi connectivity index (χ3v) is 5.33. The van der Waals surface area contributed by atoms with Crippen molar-refractivity contribution in [3.63, 3.8) is 0 Å². The van der Waals surface area contributed by atoms with Crippen LogP contribution in [0.15, 0.2) is 30.7 Å². The fourth-order valence-corrected chi connectivity index (χ4v) is 3.65. The summed E-state index contributed by atoms with van der Waals surface area (Å²) in [6, 6.07) is 6.23. The number of hydrogen-bond acceptors (Lipinski definition) is 4. The Kier molecular flexibility index (Phi) is 6.95. The van der Waals surface area contributed by atoms with E-state index in [9.17, 15) is 4.79 Å². The molecule has 0 aliphatic carbocycles. The van der Waals surface area contributed by atoms with E-state index in [2.05, 4.69) is 24.0 Å². The number of unbranched alkanes of at least 4 members (excludes halogenated alkanes) is 1. The Balaban J connectivity index is 1.55. The summed E-state index contributed by atoms with van der Waals surface area (Å²) >= 11 is 0. The number of piperidine rings is 1. The molecule has 3 rings (SSSR count). The lowest BCUT2D eigenvalue weighted by Gasteiger charge is -2.31. The molecule has 1 aliphatic heterocycles. The Hall–Kier alpha value is -2.50. The minimum atomic E-state index is 0.0371. The Labute approximate surface area is 167 Å². The maximum Gasteiger partial charge on any atom is 0.274 e. The van der Waals surface area contributed by atoms with Crippen LogP contribution in [-0.4, -0.2) is 47.2 Å². The molecule has 0 spiro atoms. The summed E-state index contributed by atoms with van der Waals surface area (Å²) in [4.78, 5) is 18.6. The number of rotatable bonds is 8. The maximum atomic E-state index is 12.5. The normalized spacial score (nSPS) is 14.9. The molecule has 1 amide bonds. The SMILES string of the molecule is CCCCOc1cc(CC2CCN(C(=O)c3cn(C)cn3)CC2)ccc1OC. The molecule has 152 valence electrons. The van der Waals surface area contributed by atoms with Crippen LogP contribution in [0.25, 0.3) is 0 Å². The molecule has 0 atom stereocenters. The Morgan fingerprint density at radius 1 is 1.25 bits per heavy atom. The fourth-order valence-electron chi connectivity index (χ4n) is 3.65. The van der Waals surface area contributed by atoms with Gasteiger partial charge in [-0.2, -0.15) is 0 Å². The van der Waals surface area contributed by atoms with E-state index in [1.54, 1.807) is 19.6 Å². The van der Waals surface area contributed by atoms with Crippen LogP contribution < -0.4 is 9.47 Å². The lowest BCUT2D eigenvalue weighted by Crippen LogP contribution is -2.39. The van der Waals surface area contributed by atoms with E-state index in [-0.39, 0.29) is 5.91 Å². The number of imidazole rings is 1. The first kappa shape index (κ1) is 20.2. The van der Waals surface area contributed by atoms with E-state index in [1.165, 1.54) is 5.56 Å². The van der Waals surface area contributed by atoms with Crippen molar-refractivity contribution in [1.29, 1.82) is 0 Å². The van der Waals surface area contributed by atoms with E-state index in [0.717, 1.165) is 56.7 Å². The van der Waals surface area contributed by atoms with Crippen molar-refractivity contribution in [3.05, 3.63) is 42.0 Å². The number of amides is 1. The van der Waals surface area contributed by atoms with Gasteiger partial charge in [0.1, 0.15) is 5.69 Å². The molecule has 1 saturated heterocycles. The van der Waals surface area contributed by atoms with Crippen molar-refractivity contribution >= 4 is 5.91 Å². The molecule has 0 radical (unpaired) electrons. The summed E-state index contributed by atoms with van der Waals surface area (Å²) in [7, 11) is 3.56. The zero-order valence-corrected chi connectivity index (χ0v) is 17.2. The Morgan fingerprint density at radius 2 is 2.04 bits per heavy atom. The molecule has 6 heteroatoms. The van der Waals surface area contributed by atoms with Gasteiger partial charge in [0, 0.05) is 26.3 Å². The van der Waals surface area contributed by atoms with E-state index in [0.29, 0.717) is 18.2 Å². The second-order valence-corrected chi connectivity index (χ2v) is 7.55. The molecular weight excluding hydrogens is 354 g/mol. The Morgan fingerprint density at radius 3 is 2.68 bits per heavy atom. The van der Waals surface area contributed by atoms with E-state index >= 15 is 0 Å². The first-order chi connectivity index (χ1) is 13.6. The van der Waals surface area contributed by atoms with Gasteiger partial charge in [-0.1, -0.05) is 19.4 Å². The average molecular weight is 386 g/mol. The first-order valence-corrected chi connectivity index (χ1v) is 10.2. The summed E-state index contributed by atoms with van der Waals surface area (Å²) in [6.07, 6.45) is 8.62. The van der Waals surface area contributed by atoms with Crippen LogP contribution in [0.4, 0.5) is 0 Å². The van der Waals surface area contributed by atoms with Gasteiger partial charge in [0.15, 0.2) is 11.5 Å². The molecule has 0 saturated carbocycles. The molecular formula is C22H31N3O3. The quantitative estimate of drug-likeness (QED) is 0.650. The third-order valence-electron chi connectivity index (χ3n) is 5.33. The number of aryl methyl sites for hydroxylation is 1. The van der Waals surface area contributed by atoms with Gasteiger partial charge in [-0.25, -0.2) is 4.98 Å². The highest BCUT2D eigenvalue weighted by atomic mass is 16.5. The Bertz CT molecular complexity index is 779. The second kappa shape index (κ2) is 9.62. The summed E-state index contributed by atoms with van der Waals surface area (Å²) in [6.45, 7) is 4.44. The zero-order valence-electron chi connectivity index (χ0n) is 17.2. The average Bonchev–Trinajstić information content (AvgIpc) is 3.15. The highest BCUT2D eigenvalue weighted by molar-refractivity contribution is 5.92. The minimum Gasteiger partial charge on any atom is -0.493 e. The number of hydrogen-bond donors (Lipinski definition) is 0. The van der Waals surface area contributed by atoms with E-state index in [1.807, 2.05) is 22.6 Å². The second-order valence-electron chi connectivity index (χ2n) is 7.55. The van der Waals surface area contributed by atoms with Gasteiger partial charge < -0.3 is 18.9 Å². The van der Waals surface area contributed by atoms with Crippen LogP contribution in [0.2, 0.25) is 0 Å². The van der Waals surface area contributed by atoms with Gasteiger partial charge in [-0.05, 0) is 49.3 Å². The van der Waals surface area contributed by atoms with Crippen molar-refractivity contribution in [1.82, 2.24) is 14.5 Å². The monoisotopic (exact) mass is 385 g/mol. The molecule has 0 unspecified atom stereocenters. The van der Waals surface area contributed by atoms with Crippen LogP contribution in [0, 0.1) is 5.92 Å². The summed E-state index contributed by atoms with van der Waals surface area (Å²) in [5.74, 6) is 2.23. The number of nitrogens with zero attached hydrogens (tertiary/aromatic N) is 3. The highest BCUT2D eigenvalue weighted by Crippen LogP contribution is 2.31. The lowest BCUT2D eigenvalue weighted by molar-refractivity contribution is 0.0685. The van der Waals surface area contributed by atoms with Gasteiger partial charge in [0.2, 0.25) is 0 Å². The van der Waals surface area contributed by atoms with Gasteiger partial charge in [0.05, 0.1) is 20.0 Å². The summed E-state index contributed by atoms with van der Waals surface area (Å²) in [5, 5.41) is 0. The molecule has 1 aliphatic rings. The van der Waals surface area contributed by atoms with Gasteiger partial charge in [0.25, 0.3) is 5.91 Å². The van der Waals surface area contributed by atoms with Crippen LogP contribution in [0.5, 0.6) is 11.5 Å². The first-order valence-electron chi connectivity index (χ1n) is 10.2. The smallest absolute Gasteiger partial charge is 0.274 e. The van der Waals surface area contributed by atoms with Crippen molar-refractivity contribution in [3.8, 4) is 11.5 Å². The fraction of sp³-hybridized carbons (Fsp3) is 0.545. The topological polar surface area (TPSA) is 56.6 Å².